The molecule has 0 amide bonds. The molecule has 0 bridgehead atoms. The largest absolute Gasteiger partial charge is 0.423 e. The summed E-state index contributed by atoms with van der Waals surface area (Å²) < 4.78 is 5.57. The van der Waals surface area contributed by atoms with Gasteiger partial charge in [0.15, 0.2) is 5.78 Å². The molecule has 0 saturated heterocycles. The maximum Gasteiger partial charge on any atom is 0.343 e. The number of carbonyl (C=O) groups is 2. The fourth-order valence-electron chi connectivity index (χ4n) is 6.07. The number of rotatable bonds is 5. The average Bonchev–Trinajstić information content (AvgIpc) is 2.90. The molecule has 1 N–H and O–H groups in total. The molecule has 7 heteroatoms. The normalized spacial score (nSPS) is 24.9. The molecule has 36 heavy (non-hydrogen) atoms. The lowest BCUT2D eigenvalue weighted by Crippen LogP contribution is -2.54. The molecule has 0 heterocycles. The molecule has 0 aliphatic heterocycles. The van der Waals surface area contributed by atoms with Crippen LogP contribution >= 0.6 is 0 Å². The van der Waals surface area contributed by atoms with Crippen molar-refractivity contribution >= 4 is 17.4 Å². The highest BCUT2D eigenvalue weighted by molar-refractivity contribution is 5.92. The number of benzene rings is 3. The van der Waals surface area contributed by atoms with Crippen LogP contribution in [0.3, 0.4) is 0 Å². The summed E-state index contributed by atoms with van der Waals surface area (Å²) in [6.07, 6.45) is 2.99. The van der Waals surface area contributed by atoms with Crippen molar-refractivity contribution in [1.82, 2.24) is 0 Å². The topological polar surface area (TPSA) is 107 Å². The van der Waals surface area contributed by atoms with Gasteiger partial charge in [0.2, 0.25) is 0 Å². The standard InChI is InChI=1S/C29H27NO6/c1-2-28-18-26(31)29(33,21-6-4-3-5-7-21)17-22(28)11-8-20-16-24(14-15-25(20)28)36-27(32)19-9-12-23(13-10-19)30(34)35/h3-7,9-10,12-16,22,33H,2,8,11,17-18H2,1H3/t22-,28?,29?/m1/s1. The van der Waals surface area contributed by atoms with Gasteiger partial charge in [-0.15, -0.1) is 0 Å². The molecule has 0 aromatic heterocycles. The Morgan fingerprint density at radius 1 is 1.11 bits per heavy atom. The number of nitrogens with zero attached hydrogens (tertiary/aromatic N) is 1. The first kappa shape index (κ1) is 23.9. The summed E-state index contributed by atoms with van der Waals surface area (Å²) in [5.41, 5.74) is 1.07. The maximum absolute atomic E-state index is 13.4. The number of nitro groups is 1. The predicted octanol–water partition coefficient (Wildman–Crippen LogP) is 5.27. The van der Waals surface area contributed by atoms with E-state index in [9.17, 15) is 24.8 Å². The molecule has 3 atom stereocenters. The first-order chi connectivity index (χ1) is 17.3. The van der Waals surface area contributed by atoms with Crippen molar-refractivity contribution < 1.29 is 24.4 Å². The number of fused-ring (bicyclic) bond motifs is 3. The molecular weight excluding hydrogens is 458 g/mol. The van der Waals surface area contributed by atoms with E-state index in [-0.39, 0.29) is 34.8 Å². The second kappa shape index (κ2) is 8.99. The van der Waals surface area contributed by atoms with Crippen LogP contribution in [0.25, 0.3) is 0 Å². The van der Waals surface area contributed by atoms with E-state index in [1.54, 1.807) is 6.07 Å². The highest BCUT2D eigenvalue weighted by atomic mass is 16.6. The number of aliphatic hydroxyl groups is 1. The molecular formula is C29H27NO6. The Bertz CT molecular complexity index is 1340. The molecule has 7 nitrogen and oxygen atoms in total. The van der Waals surface area contributed by atoms with Crippen molar-refractivity contribution in [3.05, 3.63) is 105 Å². The minimum atomic E-state index is -1.47. The van der Waals surface area contributed by atoms with Crippen molar-refractivity contribution in [2.24, 2.45) is 5.92 Å². The lowest BCUT2D eigenvalue weighted by Gasteiger charge is -2.52. The van der Waals surface area contributed by atoms with Gasteiger partial charge in [0.1, 0.15) is 11.4 Å². The molecule has 0 radical (unpaired) electrons. The van der Waals surface area contributed by atoms with Crippen LogP contribution in [-0.4, -0.2) is 21.8 Å². The maximum atomic E-state index is 13.4. The van der Waals surface area contributed by atoms with E-state index in [0.717, 1.165) is 30.4 Å². The number of ketones is 1. The molecule has 3 aromatic rings. The van der Waals surface area contributed by atoms with Gasteiger partial charge in [-0.2, -0.15) is 0 Å². The van der Waals surface area contributed by atoms with Crippen molar-refractivity contribution in [3.8, 4) is 5.75 Å². The summed E-state index contributed by atoms with van der Waals surface area (Å²) in [6, 6.07) is 20.0. The Hall–Kier alpha value is -3.84. The fraction of sp³-hybridized carbons (Fsp3) is 0.310. The van der Waals surface area contributed by atoms with Crippen molar-refractivity contribution in [1.29, 1.82) is 0 Å². The summed E-state index contributed by atoms with van der Waals surface area (Å²) in [6.45, 7) is 2.09. The number of esters is 1. The molecule has 2 aliphatic rings. The van der Waals surface area contributed by atoms with Gasteiger partial charge in [-0.25, -0.2) is 4.79 Å². The lowest BCUT2D eigenvalue weighted by molar-refractivity contribution is -0.384. The fourth-order valence-corrected chi connectivity index (χ4v) is 6.07. The zero-order valence-corrected chi connectivity index (χ0v) is 20.0. The van der Waals surface area contributed by atoms with Crippen LogP contribution in [-0.2, 0) is 22.2 Å². The Labute approximate surface area is 208 Å². The molecule has 1 fully saturated rings. The molecule has 184 valence electrons. The molecule has 3 aromatic carbocycles. The zero-order valence-electron chi connectivity index (χ0n) is 20.0. The number of Topliss-reactive ketones (excluding diaryl/α,β-unsaturated/α-hetero) is 1. The zero-order chi connectivity index (χ0) is 25.5. The van der Waals surface area contributed by atoms with Gasteiger partial charge in [0, 0.05) is 24.0 Å². The number of aryl methyl sites for hydroxylation is 1. The van der Waals surface area contributed by atoms with Gasteiger partial charge in [-0.1, -0.05) is 43.3 Å². The van der Waals surface area contributed by atoms with E-state index in [4.69, 9.17) is 4.74 Å². The summed E-state index contributed by atoms with van der Waals surface area (Å²) in [4.78, 5) is 36.3. The van der Waals surface area contributed by atoms with Crippen molar-refractivity contribution in [3.63, 3.8) is 0 Å². The van der Waals surface area contributed by atoms with Crippen LogP contribution in [0.2, 0.25) is 0 Å². The third-order valence-electron chi connectivity index (χ3n) is 8.04. The average molecular weight is 486 g/mol. The van der Waals surface area contributed by atoms with Crippen LogP contribution in [0.4, 0.5) is 5.69 Å². The van der Waals surface area contributed by atoms with E-state index in [1.165, 1.54) is 24.3 Å². The lowest BCUT2D eigenvalue weighted by atomic mass is 9.52. The summed E-state index contributed by atoms with van der Waals surface area (Å²) in [5.74, 6) is -0.214. The number of hydrogen-bond donors (Lipinski definition) is 1. The van der Waals surface area contributed by atoms with Gasteiger partial charge in [0.25, 0.3) is 5.69 Å². The Kier molecular flexibility index (Phi) is 5.96. The molecule has 2 aliphatic carbocycles. The van der Waals surface area contributed by atoms with Crippen LogP contribution in [0, 0.1) is 16.0 Å². The van der Waals surface area contributed by atoms with Crippen molar-refractivity contribution in [2.45, 2.75) is 50.0 Å². The Balaban J connectivity index is 1.40. The molecule has 5 rings (SSSR count). The van der Waals surface area contributed by atoms with Gasteiger partial charge < -0.3 is 9.84 Å². The Morgan fingerprint density at radius 2 is 1.83 bits per heavy atom. The second-order valence-corrected chi connectivity index (χ2v) is 9.79. The third kappa shape index (κ3) is 3.89. The summed E-state index contributed by atoms with van der Waals surface area (Å²) in [7, 11) is 0. The number of ether oxygens (including phenoxy) is 1. The van der Waals surface area contributed by atoms with E-state index < -0.39 is 16.5 Å². The van der Waals surface area contributed by atoms with Crippen LogP contribution < -0.4 is 4.74 Å². The summed E-state index contributed by atoms with van der Waals surface area (Å²) in [5, 5.41) is 22.3. The first-order valence-corrected chi connectivity index (χ1v) is 12.2. The van der Waals surface area contributed by atoms with E-state index in [1.807, 2.05) is 42.5 Å². The summed E-state index contributed by atoms with van der Waals surface area (Å²) >= 11 is 0. The van der Waals surface area contributed by atoms with Gasteiger partial charge in [-0.05, 0) is 72.6 Å². The smallest absolute Gasteiger partial charge is 0.343 e. The van der Waals surface area contributed by atoms with Gasteiger partial charge in [0.05, 0.1) is 10.5 Å². The van der Waals surface area contributed by atoms with Crippen LogP contribution in [0.5, 0.6) is 5.75 Å². The first-order valence-electron chi connectivity index (χ1n) is 12.2. The van der Waals surface area contributed by atoms with E-state index >= 15 is 0 Å². The molecule has 1 saturated carbocycles. The van der Waals surface area contributed by atoms with Gasteiger partial charge >= 0.3 is 5.97 Å². The third-order valence-corrected chi connectivity index (χ3v) is 8.04. The number of nitro benzene ring substituents is 1. The molecule has 2 unspecified atom stereocenters. The highest BCUT2D eigenvalue weighted by Crippen LogP contribution is 2.55. The molecule has 0 spiro atoms. The van der Waals surface area contributed by atoms with E-state index in [0.29, 0.717) is 17.7 Å². The number of hydrogen-bond acceptors (Lipinski definition) is 6. The number of non-ortho nitro benzene ring substituents is 1. The van der Waals surface area contributed by atoms with Crippen molar-refractivity contribution in [2.75, 3.05) is 0 Å². The predicted molar refractivity (Wildman–Crippen MR) is 133 cm³/mol. The highest BCUT2D eigenvalue weighted by Gasteiger charge is 2.55. The monoisotopic (exact) mass is 485 g/mol. The number of carbonyl (C=O) groups excluding carboxylic acids is 2. The van der Waals surface area contributed by atoms with Crippen LogP contribution in [0.15, 0.2) is 72.8 Å². The quantitative estimate of drug-likeness (QED) is 0.228. The second-order valence-electron chi connectivity index (χ2n) is 9.79. The van der Waals surface area contributed by atoms with Crippen LogP contribution in [0.1, 0.15) is 59.7 Å². The van der Waals surface area contributed by atoms with Gasteiger partial charge in [-0.3, -0.25) is 14.9 Å². The van der Waals surface area contributed by atoms with E-state index in [2.05, 4.69) is 6.92 Å². The Morgan fingerprint density at radius 3 is 2.50 bits per heavy atom. The SMILES string of the molecule is CCC12CC(=O)C(O)(c3ccccc3)C[C@H]1CCc1cc(OC(=O)c3ccc([N+](=O)[O-])cc3)ccc12. The minimum absolute atomic E-state index is 0.0964. The minimum Gasteiger partial charge on any atom is -0.423 e.